The molecule has 0 aromatic heterocycles. The van der Waals surface area contributed by atoms with Crippen molar-refractivity contribution in [3.05, 3.63) is 33.9 Å². The van der Waals surface area contributed by atoms with Crippen LogP contribution >= 0.6 is 0 Å². The Morgan fingerprint density at radius 2 is 2.05 bits per heavy atom. The van der Waals surface area contributed by atoms with Gasteiger partial charge in [0.1, 0.15) is 0 Å². The summed E-state index contributed by atoms with van der Waals surface area (Å²) < 4.78 is 0. The lowest BCUT2D eigenvalue weighted by Gasteiger charge is -2.15. The van der Waals surface area contributed by atoms with Crippen molar-refractivity contribution in [1.29, 1.82) is 0 Å². The summed E-state index contributed by atoms with van der Waals surface area (Å²) in [5.41, 5.74) is 5.44. The van der Waals surface area contributed by atoms with E-state index in [9.17, 15) is 19.7 Å². The molecule has 8 heteroatoms. The quantitative estimate of drug-likeness (QED) is 0.398. The van der Waals surface area contributed by atoms with Crippen molar-refractivity contribution in [3.8, 4) is 0 Å². The van der Waals surface area contributed by atoms with E-state index in [2.05, 4.69) is 5.32 Å². The Morgan fingerprint density at radius 3 is 2.55 bits per heavy atom. The molecule has 22 heavy (non-hydrogen) atoms. The van der Waals surface area contributed by atoms with Gasteiger partial charge in [-0.2, -0.15) is 0 Å². The third kappa shape index (κ3) is 4.72. The molecule has 0 saturated carbocycles. The summed E-state index contributed by atoms with van der Waals surface area (Å²) in [6, 6.07) is 3.55. The molecule has 0 spiro atoms. The van der Waals surface area contributed by atoms with Crippen LogP contribution in [0.25, 0.3) is 0 Å². The number of hydrogen-bond donors (Lipinski definition) is 3. The highest BCUT2D eigenvalue weighted by molar-refractivity contribution is 5.99. The van der Waals surface area contributed by atoms with Crippen LogP contribution in [-0.4, -0.2) is 28.5 Å². The maximum atomic E-state index is 12.0. The van der Waals surface area contributed by atoms with E-state index >= 15 is 0 Å². The number of anilines is 1. The molecule has 0 bridgehead atoms. The van der Waals surface area contributed by atoms with Crippen LogP contribution in [0.2, 0.25) is 0 Å². The molecule has 0 heterocycles. The molecule has 1 unspecified atom stereocenters. The lowest BCUT2D eigenvalue weighted by Crippen LogP contribution is -2.34. The molecule has 1 atom stereocenters. The van der Waals surface area contributed by atoms with Gasteiger partial charge in [0.15, 0.2) is 0 Å². The molecule has 1 rings (SSSR count). The number of carboxylic acid groups (broad SMARTS) is 1. The van der Waals surface area contributed by atoms with Crippen molar-refractivity contribution < 1.29 is 19.6 Å². The zero-order valence-corrected chi connectivity index (χ0v) is 12.4. The predicted molar refractivity (Wildman–Crippen MR) is 80.4 cm³/mol. The smallest absolute Gasteiger partial charge is 0.308 e. The van der Waals surface area contributed by atoms with Gasteiger partial charge in [-0.3, -0.25) is 19.7 Å². The van der Waals surface area contributed by atoms with Gasteiger partial charge < -0.3 is 16.2 Å². The Labute approximate surface area is 127 Å². The van der Waals surface area contributed by atoms with Crippen LogP contribution in [0.15, 0.2) is 18.2 Å². The molecule has 0 aliphatic carbocycles. The first-order valence-electron chi connectivity index (χ1n) is 6.77. The van der Waals surface area contributed by atoms with Crippen LogP contribution in [0.5, 0.6) is 0 Å². The molecule has 0 radical (unpaired) electrons. The van der Waals surface area contributed by atoms with Crippen molar-refractivity contribution in [3.63, 3.8) is 0 Å². The second kappa shape index (κ2) is 7.39. The summed E-state index contributed by atoms with van der Waals surface area (Å²) in [5.74, 6) is -2.18. The fourth-order valence-corrected chi connectivity index (χ4v) is 2.01. The van der Waals surface area contributed by atoms with E-state index < -0.39 is 22.7 Å². The minimum atomic E-state index is -0.999. The standard InChI is InChI=1S/C14H19N3O5/c1-8(2)5-9(14(19)20)7-16-13(18)11-6-10(17(21)22)3-4-12(11)15/h3-4,6,8-9H,5,7,15H2,1-2H3,(H,16,18)(H,19,20). The molecule has 4 N–H and O–H groups in total. The molecule has 1 amide bonds. The van der Waals surface area contributed by atoms with Gasteiger partial charge in [0.2, 0.25) is 0 Å². The van der Waals surface area contributed by atoms with Crippen molar-refractivity contribution in [2.45, 2.75) is 20.3 Å². The molecule has 0 fully saturated rings. The molecule has 8 nitrogen and oxygen atoms in total. The number of hydrogen-bond acceptors (Lipinski definition) is 5. The number of nitro groups is 1. The largest absolute Gasteiger partial charge is 0.481 e. The molecule has 0 saturated heterocycles. The number of nitrogens with two attached hydrogens (primary N) is 1. The Morgan fingerprint density at radius 1 is 1.41 bits per heavy atom. The van der Waals surface area contributed by atoms with Gasteiger partial charge in [-0.25, -0.2) is 0 Å². The number of carboxylic acids is 1. The number of nitrogen functional groups attached to an aromatic ring is 1. The van der Waals surface area contributed by atoms with Gasteiger partial charge in [-0.1, -0.05) is 13.8 Å². The minimum absolute atomic E-state index is 0.0390. The summed E-state index contributed by atoms with van der Waals surface area (Å²) in [4.78, 5) is 33.3. The van der Waals surface area contributed by atoms with Crippen LogP contribution < -0.4 is 11.1 Å². The summed E-state index contributed by atoms with van der Waals surface area (Å²) in [6.07, 6.45) is 0.417. The second-order valence-corrected chi connectivity index (χ2v) is 5.40. The Kier molecular flexibility index (Phi) is 5.85. The van der Waals surface area contributed by atoms with Crippen molar-refractivity contribution in [2.24, 2.45) is 11.8 Å². The highest BCUT2D eigenvalue weighted by Gasteiger charge is 2.21. The van der Waals surface area contributed by atoms with Crippen molar-refractivity contribution >= 4 is 23.3 Å². The predicted octanol–water partition coefficient (Wildman–Crippen LogP) is 1.65. The number of carbonyl (C=O) groups is 2. The number of aliphatic carboxylic acids is 1. The first kappa shape index (κ1) is 17.4. The average molecular weight is 309 g/mol. The number of nitrogens with one attached hydrogen (secondary N) is 1. The molecular formula is C14H19N3O5. The number of rotatable bonds is 7. The van der Waals surface area contributed by atoms with Crippen LogP contribution in [0, 0.1) is 22.0 Å². The molecule has 1 aromatic carbocycles. The van der Waals surface area contributed by atoms with Crippen molar-refractivity contribution in [1.82, 2.24) is 5.32 Å². The van der Waals surface area contributed by atoms with E-state index in [-0.39, 0.29) is 29.4 Å². The number of nitrogens with zero attached hydrogens (tertiary/aromatic N) is 1. The van der Waals surface area contributed by atoms with E-state index in [1.807, 2.05) is 13.8 Å². The van der Waals surface area contributed by atoms with E-state index in [0.717, 1.165) is 6.07 Å². The average Bonchev–Trinajstić information content (AvgIpc) is 2.42. The maximum absolute atomic E-state index is 12.0. The second-order valence-electron chi connectivity index (χ2n) is 5.40. The Bertz CT molecular complexity index is 586. The van der Waals surface area contributed by atoms with E-state index in [0.29, 0.717) is 6.42 Å². The maximum Gasteiger partial charge on any atom is 0.308 e. The van der Waals surface area contributed by atoms with Gasteiger partial charge in [0, 0.05) is 24.4 Å². The Hall–Kier alpha value is -2.64. The topological polar surface area (TPSA) is 136 Å². The fourth-order valence-electron chi connectivity index (χ4n) is 2.01. The van der Waals surface area contributed by atoms with Crippen LogP contribution in [-0.2, 0) is 4.79 Å². The van der Waals surface area contributed by atoms with E-state index in [1.54, 1.807) is 0 Å². The van der Waals surface area contributed by atoms with Crippen LogP contribution in [0.1, 0.15) is 30.6 Å². The van der Waals surface area contributed by atoms with E-state index in [4.69, 9.17) is 10.8 Å². The first-order chi connectivity index (χ1) is 10.2. The van der Waals surface area contributed by atoms with E-state index in [1.165, 1.54) is 12.1 Å². The normalized spacial score (nSPS) is 12.0. The SMILES string of the molecule is CC(C)CC(CNC(=O)c1cc([N+](=O)[O-])ccc1N)C(=O)O. The van der Waals surface area contributed by atoms with Gasteiger partial charge in [0.05, 0.1) is 16.4 Å². The lowest BCUT2D eigenvalue weighted by atomic mass is 9.97. The fraction of sp³-hybridized carbons (Fsp3) is 0.429. The number of nitro benzene ring substituents is 1. The highest BCUT2D eigenvalue weighted by Crippen LogP contribution is 2.20. The minimum Gasteiger partial charge on any atom is -0.481 e. The molecule has 1 aromatic rings. The zero-order chi connectivity index (χ0) is 16.9. The summed E-state index contributed by atoms with van der Waals surface area (Å²) in [6.45, 7) is 3.71. The number of amides is 1. The molecular weight excluding hydrogens is 290 g/mol. The summed E-state index contributed by atoms with van der Waals surface area (Å²) in [5, 5.41) is 22.3. The summed E-state index contributed by atoms with van der Waals surface area (Å²) in [7, 11) is 0. The van der Waals surface area contributed by atoms with Crippen LogP contribution in [0.4, 0.5) is 11.4 Å². The highest BCUT2D eigenvalue weighted by atomic mass is 16.6. The number of benzene rings is 1. The zero-order valence-electron chi connectivity index (χ0n) is 12.4. The first-order valence-corrected chi connectivity index (χ1v) is 6.77. The third-order valence-corrected chi connectivity index (χ3v) is 3.11. The lowest BCUT2D eigenvalue weighted by molar-refractivity contribution is -0.384. The molecule has 0 aliphatic heterocycles. The monoisotopic (exact) mass is 309 g/mol. The third-order valence-electron chi connectivity index (χ3n) is 3.11. The molecule has 120 valence electrons. The molecule has 0 aliphatic rings. The van der Waals surface area contributed by atoms with Crippen molar-refractivity contribution in [2.75, 3.05) is 12.3 Å². The Balaban J connectivity index is 2.82. The summed E-state index contributed by atoms with van der Waals surface area (Å²) >= 11 is 0. The number of carbonyl (C=O) groups excluding carboxylic acids is 1. The number of non-ortho nitro benzene ring substituents is 1. The van der Waals surface area contributed by atoms with Gasteiger partial charge in [-0.15, -0.1) is 0 Å². The van der Waals surface area contributed by atoms with Gasteiger partial charge in [-0.05, 0) is 18.4 Å². The van der Waals surface area contributed by atoms with Gasteiger partial charge in [0.25, 0.3) is 11.6 Å². The van der Waals surface area contributed by atoms with Gasteiger partial charge >= 0.3 is 5.97 Å². The van der Waals surface area contributed by atoms with Crippen LogP contribution in [0.3, 0.4) is 0 Å².